The van der Waals surface area contributed by atoms with Crippen molar-refractivity contribution in [3.05, 3.63) is 83.2 Å². The summed E-state index contributed by atoms with van der Waals surface area (Å²) in [5.74, 6) is -1.86. The second kappa shape index (κ2) is 7.90. The normalized spacial score (nSPS) is 15.9. The molecule has 1 unspecified atom stereocenters. The van der Waals surface area contributed by atoms with Crippen LogP contribution in [0.1, 0.15) is 27.9 Å². The Labute approximate surface area is 155 Å². The Morgan fingerprint density at radius 1 is 1.37 bits per heavy atom. The van der Waals surface area contributed by atoms with Crippen molar-refractivity contribution >= 4 is 17.3 Å². The van der Waals surface area contributed by atoms with Crippen LogP contribution in [0.25, 0.3) is 0 Å². The van der Waals surface area contributed by atoms with E-state index in [-0.39, 0.29) is 23.5 Å². The van der Waals surface area contributed by atoms with Crippen LogP contribution in [0.15, 0.2) is 60.7 Å². The van der Waals surface area contributed by atoms with E-state index in [0.717, 1.165) is 6.07 Å². The second-order valence-electron chi connectivity index (χ2n) is 6.17. The van der Waals surface area contributed by atoms with E-state index in [1.54, 1.807) is 24.4 Å². The van der Waals surface area contributed by atoms with E-state index in [2.05, 4.69) is 10.3 Å². The number of nitrogens with one attached hydrogen (secondary N) is 2. The number of benzene rings is 1. The number of hydrogen-bond acceptors (Lipinski definition) is 4. The maximum absolute atomic E-state index is 14.3. The number of nitrogens with two attached hydrogens (primary N) is 1. The summed E-state index contributed by atoms with van der Waals surface area (Å²) < 4.78 is 27.7. The van der Waals surface area contributed by atoms with Crippen molar-refractivity contribution in [3.8, 4) is 0 Å². The Hall–Kier alpha value is -3.35. The SMILES string of the molecule is N=C(c1cc(CNC(=O)c2cccnc2)c(F)cc1N)C1C=C(F)C=CC1. The number of halogens is 2. The van der Waals surface area contributed by atoms with Gasteiger partial charge in [0.2, 0.25) is 0 Å². The van der Waals surface area contributed by atoms with Crippen LogP contribution in [0.5, 0.6) is 0 Å². The van der Waals surface area contributed by atoms with Gasteiger partial charge >= 0.3 is 0 Å². The topological polar surface area (TPSA) is 91.9 Å². The number of hydrogen-bond donors (Lipinski definition) is 3. The fourth-order valence-electron chi connectivity index (χ4n) is 2.82. The molecule has 138 valence electrons. The molecule has 1 aliphatic rings. The molecule has 4 N–H and O–H groups in total. The second-order valence-corrected chi connectivity index (χ2v) is 6.17. The molecule has 5 nitrogen and oxygen atoms in total. The van der Waals surface area contributed by atoms with Crippen molar-refractivity contribution < 1.29 is 13.6 Å². The van der Waals surface area contributed by atoms with Gasteiger partial charge < -0.3 is 16.5 Å². The zero-order chi connectivity index (χ0) is 19.4. The molecule has 2 aromatic rings. The molecule has 1 heterocycles. The van der Waals surface area contributed by atoms with Crippen molar-refractivity contribution in [3.63, 3.8) is 0 Å². The quantitative estimate of drug-likeness (QED) is 0.557. The molecule has 0 saturated heterocycles. The van der Waals surface area contributed by atoms with Gasteiger partial charge in [-0.25, -0.2) is 8.78 Å². The number of nitrogen functional groups attached to an aromatic ring is 1. The Morgan fingerprint density at radius 3 is 2.89 bits per heavy atom. The minimum atomic E-state index is -0.583. The molecule has 27 heavy (non-hydrogen) atoms. The molecular formula is C20H18F2N4O. The number of nitrogens with zero attached hydrogens (tertiary/aromatic N) is 1. The van der Waals surface area contributed by atoms with Crippen molar-refractivity contribution in [2.45, 2.75) is 13.0 Å². The van der Waals surface area contributed by atoms with E-state index in [4.69, 9.17) is 11.1 Å². The van der Waals surface area contributed by atoms with Crippen molar-refractivity contribution in [1.29, 1.82) is 5.41 Å². The highest BCUT2D eigenvalue weighted by Gasteiger charge is 2.20. The molecule has 0 aliphatic heterocycles. The number of carbonyl (C=O) groups is 1. The molecule has 0 spiro atoms. The molecule has 1 aromatic carbocycles. The number of rotatable bonds is 5. The molecule has 1 amide bonds. The lowest BCUT2D eigenvalue weighted by Crippen LogP contribution is -2.24. The summed E-state index contributed by atoms with van der Waals surface area (Å²) >= 11 is 0. The van der Waals surface area contributed by atoms with Crippen LogP contribution in [0, 0.1) is 17.1 Å². The van der Waals surface area contributed by atoms with Crippen LogP contribution in [0.2, 0.25) is 0 Å². The van der Waals surface area contributed by atoms with Crippen molar-refractivity contribution in [2.24, 2.45) is 5.92 Å². The predicted molar refractivity (Wildman–Crippen MR) is 99.5 cm³/mol. The zero-order valence-electron chi connectivity index (χ0n) is 14.4. The first-order valence-electron chi connectivity index (χ1n) is 8.34. The molecule has 0 fully saturated rings. The third-order valence-electron chi connectivity index (χ3n) is 4.27. The van der Waals surface area contributed by atoms with Gasteiger partial charge in [0.25, 0.3) is 5.91 Å². The third kappa shape index (κ3) is 4.25. The molecule has 0 radical (unpaired) electrons. The predicted octanol–water partition coefficient (Wildman–Crippen LogP) is 3.53. The Morgan fingerprint density at radius 2 is 2.19 bits per heavy atom. The number of carbonyl (C=O) groups excluding carboxylic acids is 1. The molecule has 0 bridgehead atoms. The standard InChI is InChI=1S/C20H18F2N4O/c21-15-5-1-3-12(7-15)19(24)16-8-14(17(22)9-18(16)23)11-26-20(27)13-4-2-6-25-10-13/h1-2,4-10,12,24H,3,11,23H2,(H,26,27). The van der Waals surface area contributed by atoms with Crippen LogP contribution < -0.4 is 11.1 Å². The number of anilines is 1. The van der Waals surface area contributed by atoms with Gasteiger partial charge in [-0.05, 0) is 42.8 Å². The van der Waals surface area contributed by atoms with E-state index in [9.17, 15) is 13.6 Å². The Balaban J connectivity index is 1.79. The van der Waals surface area contributed by atoms with Crippen molar-refractivity contribution in [1.82, 2.24) is 10.3 Å². The maximum atomic E-state index is 14.3. The lowest BCUT2D eigenvalue weighted by atomic mass is 9.89. The summed E-state index contributed by atoms with van der Waals surface area (Å²) in [6.45, 7) is -0.0745. The molecule has 0 saturated carbocycles. The number of aromatic nitrogens is 1. The summed E-state index contributed by atoms with van der Waals surface area (Å²) in [6, 6.07) is 5.78. The van der Waals surface area contributed by atoms with Gasteiger partial charge in [0.15, 0.2) is 0 Å². The summed E-state index contributed by atoms with van der Waals surface area (Å²) in [6.07, 6.45) is 7.75. The van der Waals surface area contributed by atoms with Gasteiger partial charge in [0.1, 0.15) is 11.6 Å². The minimum absolute atomic E-state index is 0.0745. The van der Waals surface area contributed by atoms with E-state index < -0.39 is 23.5 Å². The smallest absolute Gasteiger partial charge is 0.253 e. The molecule has 1 atom stereocenters. The molecule has 1 aromatic heterocycles. The first-order chi connectivity index (χ1) is 13.0. The van der Waals surface area contributed by atoms with E-state index in [1.807, 2.05) is 0 Å². The highest BCUT2D eigenvalue weighted by Crippen LogP contribution is 2.26. The fourth-order valence-corrected chi connectivity index (χ4v) is 2.82. The van der Waals surface area contributed by atoms with Gasteiger partial charge in [-0.2, -0.15) is 0 Å². The minimum Gasteiger partial charge on any atom is -0.398 e. The molecular weight excluding hydrogens is 350 g/mol. The van der Waals surface area contributed by atoms with Gasteiger partial charge in [0, 0.05) is 47.4 Å². The first kappa shape index (κ1) is 18.4. The summed E-state index contributed by atoms with van der Waals surface area (Å²) in [4.78, 5) is 16.0. The average molecular weight is 368 g/mol. The Kier molecular flexibility index (Phi) is 5.40. The Bertz CT molecular complexity index is 938. The molecule has 7 heteroatoms. The monoisotopic (exact) mass is 368 g/mol. The lowest BCUT2D eigenvalue weighted by molar-refractivity contribution is 0.0950. The summed E-state index contributed by atoms with van der Waals surface area (Å²) in [5, 5.41) is 10.9. The highest BCUT2D eigenvalue weighted by molar-refractivity contribution is 6.05. The number of allylic oxidation sites excluding steroid dienone is 4. The van der Waals surface area contributed by atoms with Crippen LogP contribution in [0.3, 0.4) is 0 Å². The zero-order valence-corrected chi connectivity index (χ0v) is 14.4. The average Bonchev–Trinajstić information content (AvgIpc) is 2.67. The summed E-state index contributed by atoms with van der Waals surface area (Å²) in [7, 11) is 0. The molecule has 3 rings (SSSR count). The highest BCUT2D eigenvalue weighted by atomic mass is 19.1. The van der Waals surface area contributed by atoms with Gasteiger partial charge in [-0.15, -0.1) is 0 Å². The van der Waals surface area contributed by atoms with E-state index >= 15 is 0 Å². The van der Waals surface area contributed by atoms with Crippen LogP contribution in [-0.2, 0) is 6.54 Å². The largest absolute Gasteiger partial charge is 0.398 e. The van der Waals surface area contributed by atoms with Crippen LogP contribution in [0.4, 0.5) is 14.5 Å². The van der Waals surface area contributed by atoms with Gasteiger partial charge in [-0.3, -0.25) is 9.78 Å². The van der Waals surface area contributed by atoms with Crippen molar-refractivity contribution in [2.75, 3.05) is 5.73 Å². The third-order valence-corrected chi connectivity index (χ3v) is 4.27. The van der Waals surface area contributed by atoms with E-state index in [1.165, 1.54) is 24.4 Å². The lowest BCUT2D eigenvalue weighted by Gasteiger charge is -2.18. The van der Waals surface area contributed by atoms with Gasteiger partial charge in [0.05, 0.1) is 5.56 Å². The maximum Gasteiger partial charge on any atom is 0.253 e. The summed E-state index contributed by atoms with van der Waals surface area (Å²) in [5.41, 5.74) is 6.95. The fraction of sp³-hybridized carbons (Fsp3) is 0.150. The number of amides is 1. The first-order valence-corrected chi connectivity index (χ1v) is 8.34. The number of pyridine rings is 1. The van der Waals surface area contributed by atoms with E-state index in [0.29, 0.717) is 17.5 Å². The van der Waals surface area contributed by atoms with Gasteiger partial charge in [-0.1, -0.05) is 6.08 Å². The van der Waals surface area contributed by atoms with Crippen LogP contribution >= 0.6 is 0 Å². The molecule has 1 aliphatic carbocycles. The van der Waals surface area contributed by atoms with Crippen LogP contribution in [-0.4, -0.2) is 16.6 Å².